The monoisotopic (exact) mass is 372 g/mol. The maximum Gasteiger partial charge on any atom is 0.416 e. The molecule has 9 heteroatoms. The Morgan fingerprint density at radius 3 is 2.16 bits per heavy atom. The molecule has 25 heavy (non-hydrogen) atoms. The minimum absolute atomic E-state index is 0.126. The number of ether oxygens (including phenoxy) is 1. The Balaban J connectivity index is 2.09. The van der Waals surface area contributed by atoms with Gasteiger partial charge in [0, 0.05) is 5.69 Å². The van der Waals surface area contributed by atoms with E-state index in [-0.39, 0.29) is 10.7 Å². The second-order valence-corrected chi connectivity index (χ2v) is 5.24. The van der Waals surface area contributed by atoms with E-state index in [0.29, 0.717) is 17.5 Å². The van der Waals surface area contributed by atoms with Crippen molar-refractivity contribution in [3.05, 3.63) is 53.1 Å². The molecule has 2 aromatic carbocycles. The number of alkyl halides is 3. The lowest BCUT2D eigenvalue weighted by molar-refractivity contribution is -0.137. The van der Waals surface area contributed by atoms with Crippen molar-refractivity contribution in [2.45, 2.75) is 6.18 Å². The molecule has 0 aliphatic heterocycles. The number of carbonyl (C=O) groups is 2. The Kier molecular flexibility index (Phi) is 5.53. The lowest BCUT2D eigenvalue weighted by atomic mass is 10.2. The fourth-order valence-corrected chi connectivity index (χ4v) is 2.00. The molecule has 0 radical (unpaired) electrons. The highest BCUT2D eigenvalue weighted by atomic mass is 35.5. The average Bonchev–Trinajstić information content (AvgIpc) is 2.56. The summed E-state index contributed by atoms with van der Waals surface area (Å²) in [6, 6.07) is 8.55. The van der Waals surface area contributed by atoms with Gasteiger partial charge in [0.1, 0.15) is 5.75 Å². The highest BCUT2D eigenvalue weighted by Crippen LogP contribution is 2.33. The molecule has 2 amide bonds. The van der Waals surface area contributed by atoms with Crippen LogP contribution in [0, 0.1) is 0 Å². The lowest BCUT2D eigenvalue weighted by Gasteiger charge is -2.11. The summed E-state index contributed by atoms with van der Waals surface area (Å²) in [6.45, 7) is 0. The first kappa shape index (κ1) is 18.6. The number of nitrogens with one attached hydrogen (secondary N) is 2. The van der Waals surface area contributed by atoms with Crippen molar-refractivity contribution in [2.75, 3.05) is 17.7 Å². The maximum atomic E-state index is 12.7. The molecule has 0 spiro atoms. The number of amides is 2. The molecule has 0 saturated heterocycles. The van der Waals surface area contributed by atoms with Crippen LogP contribution < -0.4 is 15.4 Å². The van der Waals surface area contributed by atoms with Gasteiger partial charge in [-0.15, -0.1) is 0 Å². The molecule has 0 atom stereocenters. The summed E-state index contributed by atoms with van der Waals surface area (Å²) >= 11 is 5.76. The van der Waals surface area contributed by atoms with Gasteiger partial charge >= 0.3 is 18.0 Å². The second-order valence-electron chi connectivity index (χ2n) is 4.83. The molecule has 0 fully saturated rings. The van der Waals surface area contributed by atoms with E-state index >= 15 is 0 Å². The standard InChI is InChI=1S/C16H12ClF3N2O3/c1-25-11-5-3-10(4-6-11)21-14(23)15(24)22-13-8-9(16(18,19)20)2-7-12(13)17/h2-8H,1H3,(H,21,23)(H,22,24). The molecular weight excluding hydrogens is 361 g/mol. The molecule has 2 aromatic rings. The van der Waals surface area contributed by atoms with Gasteiger partial charge in [0.15, 0.2) is 0 Å². The molecule has 0 bridgehead atoms. The third kappa shape index (κ3) is 4.87. The predicted molar refractivity (Wildman–Crippen MR) is 86.7 cm³/mol. The van der Waals surface area contributed by atoms with Gasteiger partial charge < -0.3 is 15.4 Å². The number of hydrogen-bond donors (Lipinski definition) is 2. The van der Waals surface area contributed by atoms with Crippen molar-refractivity contribution in [1.29, 1.82) is 0 Å². The van der Waals surface area contributed by atoms with E-state index in [4.69, 9.17) is 16.3 Å². The van der Waals surface area contributed by atoms with E-state index in [1.165, 1.54) is 19.2 Å². The van der Waals surface area contributed by atoms with Crippen LogP contribution in [-0.2, 0) is 15.8 Å². The van der Waals surface area contributed by atoms with Crippen LogP contribution >= 0.6 is 11.6 Å². The average molecular weight is 373 g/mol. The van der Waals surface area contributed by atoms with Crippen LogP contribution in [0.3, 0.4) is 0 Å². The third-order valence-electron chi connectivity index (χ3n) is 3.10. The van der Waals surface area contributed by atoms with Crippen molar-refractivity contribution >= 4 is 34.8 Å². The van der Waals surface area contributed by atoms with Gasteiger partial charge in [-0.25, -0.2) is 0 Å². The van der Waals surface area contributed by atoms with Crippen molar-refractivity contribution in [1.82, 2.24) is 0 Å². The Morgan fingerprint density at radius 2 is 1.60 bits per heavy atom. The Morgan fingerprint density at radius 1 is 1.00 bits per heavy atom. The van der Waals surface area contributed by atoms with Gasteiger partial charge in [-0.1, -0.05) is 11.6 Å². The zero-order valence-corrected chi connectivity index (χ0v) is 13.5. The first-order valence-electron chi connectivity index (χ1n) is 6.84. The quantitative estimate of drug-likeness (QED) is 0.802. The van der Waals surface area contributed by atoms with Crippen LogP contribution in [0.5, 0.6) is 5.75 Å². The maximum absolute atomic E-state index is 12.7. The molecule has 2 N–H and O–H groups in total. The normalized spacial score (nSPS) is 10.9. The zero-order chi connectivity index (χ0) is 18.6. The van der Waals surface area contributed by atoms with Crippen molar-refractivity contribution < 1.29 is 27.5 Å². The molecule has 0 aliphatic rings. The Labute approximate surface area is 145 Å². The highest BCUT2D eigenvalue weighted by Gasteiger charge is 2.31. The summed E-state index contributed by atoms with van der Waals surface area (Å²) in [4.78, 5) is 23.7. The number of methoxy groups -OCH3 is 1. The molecular formula is C16H12ClF3N2O3. The molecule has 0 aromatic heterocycles. The number of anilines is 2. The fourth-order valence-electron chi connectivity index (χ4n) is 1.84. The highest BCUT2D eigenvalue weighted by molar-refractivity contribution is 6.44. The molecule has 0 saturated carbocycles. The molecule has 2 rings (SSSR count). The third-order valence-corrected chi connectivity index (χ3v) is 3.43. The van der Waals surface area contributed by atoms with E-state index in [2.05, 4.69) is 10.6 Å². The van der Waals surface area contributed by atoms with E-state index in [1.807, 2.05) is 0 Å². The van der Waals surface area contributed by atoms with Crippen molar-refractivity contribution in [3.8, 4) is 5.75 Å². The smallest absolute Gasteiger partial charge is 0.416 e. The predicted octanol–water partition coefficient (Wildman–Crippen LogP) is 3.94. The van der Waals surface area contributed by atoms with Crippen molar-refractivity contribution in [3.63, 3.8) is 0 Å². The number of rotatable bonds is 3. The number of halogens is 4. The number of hydrogen-bond acceptors (Lipinski definition) is 3. The first-order valence-corrected chi connectivity index (χ1v) is 7.21. The van der Waals surface area contributed by atoms with E-state index in [1.54, 1.807) is 12.1 Å². The fraction of sp³-hybridized carbons (Fsp3) is 0.125. The van der Waals surface area contributed by atoms with Crippen molar-refractivity contribution in [2.24, 2.45) is 0 Å². The topological polar surface area (TPSA) is 67.4 Å². The Hall–Kier alpha value is -2.74. The van der Waals surface area contributed by atoms with E-state index < -0.39 is 23.6 Å². The minimum Gasteiger partial charge on any atom is -0.497 e. The van der Waals surface area contributed by atoms with Gasteiger partial charge in [-0.3, -0.25) is 9.59 Å². The second kappa shape index (κ2) is 7.43. The summed E-state index contributed by atoms with van der Waals surface area (Å²) in [5.74, 6) is -1.66. The van der Waals surface area contributed by atoms with Crippen LogP contribution in [0.2, 0.25) is 5.02 Å². The van der Waals surface area contributed by atoms with E-state index in [9.17, 15) is 22.8 Å². The van der Waals surface area contributed by atoms with Crippen LogP contribution in [-0.4, -0.2) is 18.9 Å². The molecule has 0 aliphatic carbocycles. The van der Waals surface area contributed by atoms with Crippen LogP contribution in [0.25, 0.3) is 0 Å². The largest absolute Gasteiger partial charge is 0.497 e. The zero-order valence-electron chi connectivity index (χ0n) is 12.8. The summed E-state index contributed by atoms with van der Waals surface area (Å²) in [6.07, 6.45) is -4.60. The first-order chi connectivity index (χ1) is 11.7. The SMILES string of the molecule is COc1ccc(NC(=O)C(=O)Nc2cc(C(F)(F)F)ccc2Cl)cc1. The summed E-state index contributed by atoms with van der Waals surface area (Å²) in [5, 5.41) is 4.24. The van der Waals surface area contributed by atoms with Crippen LogP contribution in [0.15, 0.2) is 42.5 Å². The minimum atomic E-state index is -4.60. The van der Waals surface area contributed by atoms with E-state index in [0.717, 1.165) is 12.1 Å². The number of carbonyl (C=O) groups excluding carboxylic acids is 2. The van der Waals surface area contributed by atoms with Gasteiger partial charge in [-0.2, -0.15) is 13.2 Å². The van der Waals surface area contributed by atoms with Gasteiger partial charge in [-0.05, 0) is 42.5 Å². The Bertz CT molecular complexity index is 792. The molecule has 0 heterocycles. The molecule has 0 unspecified atom stereocenters. The van der Waals surface area contributed by atoms with Crippen LogP contribution in [0.4, 0.5) is 24.5 Å². The van der Waals surface area contributed by atoms with Gasteiger partial charge in [0.2, 0.25) is 0 Å². The summed E-state index contributed by atoms with van der Waals surface area (Å²) in [5.41, 5.74) is -0.995. The lowest BCUT2D eigenvalue weighted by Crippen LogP contribution is -2.29. The molecule has 132 valence electrons. The number of benzene rings is 2. The molecule has 5 nitrogen and oxygen atoms in total. The van der Waals surface area contributed by atoms with Crippen LogP contribution in [0.1, 0.15) is 5.56 Å². The van der Waals surface area contributed by atoms with Gasteiger partial charge in [0.05, 0.1) is 23.4 Å². The summed E-state index contributed by atoms with van der Waals surface area (Å²) in [7, 11) is 1.47. The summed E-state index contributed by atoms with van der Waals surface area (Å²) < 4.78 is 43.1. The van der Waals surface area contributed by atoms with Gasteiger partial charge in [0.25, 0.3) is 0 Å².